The summed E-state index contributed by atoms with van der Waals surface area (Å²) in [6.07, 6.45) is -0.518. The van der Waals surface area contributed by atoms with Crippen LogP contribution in [0.5, 0.6) is 17.2 Å². The standard InChI is InChI=1S/C36H36N8O6/c1-47-29-18-24(19-30(20-29)48-2)22-39-35(46)36(21-26-8-4-6-11-32(26)42-44-38)33(31-10-5-3-9-27(31)23-40-43-37)50-34(41-36)25-12-14-28(15-13-25)49-17-7-16-45/h3-6,8-15,18-20,33,45H,7,16-17,21-23H2,1-2H3,(H,39,46)/t33-,36-/m1/s1. The summed E-state index contributed by atoms with van der Waals surface area (Å²) in [5.74, 6) is 1.46. The van der Waals surface area contributed by atoms with Crippen molar-refractivity contribution < 1.29 is 28.8 Å². The van der Waals surface area contributed by atoms with E-state index in [0.29, 0.717) is 58.2 Å². The minimum atomic E-state index is -1.64. The summed E-state index contributed by atoms with van der Waals surface area (Å²) in [5.41, 5.74) is 20.3. The number of amides is 1. The van der Waals surface area contributed by atoms with Crippen LogP contribution >= 0.6 is 0 Å². The average molecular weight is 677 g/mol. The van der Waals surface area contributed by atoms with Gasteiger partial charge in [-0.15, -0.1) is 0 Å². The maximum absolute atomic E-state index is 14.8. The monoisotopic (exact) mass is 676 g/mol. The first-order valence-corrected chi connectivity index (χ1v) is 15.8. The van der Waals surface area contributed by atoms with Gasteiger partial charge in [-0.05, 0) is 69.7 Å². The quantitative estimate of drug-likeness (QED) is 0.0552. The lowest BCUT2D eigenvalue weighted by atomic mass is 9.80. The third-order valence-electron chi connectivity index (χ3n) is 8.14. The van der Waals surface area contributed by atoms with Gasteiger partial charge in [0, 0.05) is 53.1 Å². The van der Waals surface area contributed by atoms with Crippen molar-refractivity contribution in [2.45, 2.75) is 37.6 Å². The summed E-state index contributed by atoms with van der Waals surface area (Å²) in [4.78, 5) is 25.8. The molecule has 0 bridgehead atoms. The van der Waals surface area contributed by atoms with E-state index >= 15 is 0 Å². The summed E-state index contributed by atoms with van der Waals surface area (Å²) in [5, 5.41) is 19.9. The molecule has 1 aliphatic heterocycles. The molecule has 0 spiro atoms. The molecule has 1 heterocycles. The van der Waals surface area contributed by atoms with Gasteiger partial charge in [-0.3, -0.25) is 4.79 Å². The number of aliphatic hydroxyl groups excluding tert-OH is 1. The van der Waals surface area contributed by atoms with Gasteiger partial charge in [-0.2, -0.15) is 0 Å². The largest absolute Gasteiger partial charge is 0.497 e. The second-order valence-corrected chi connectivity index (χ2v) is 11.3. The van der Waals surface area contributed by atoms with Gasteiger partial charge in [-0.1, -0.05) is 58.8 Å². The number of aliphatic imine (C=N–C) groups is 1. The smallest absolute Gasteiger partial charge is 0.252 e. The third kappa shape index (κ3) is 8.08. The number of carbonyl (C=O) groups excluding carboxylic acids is 1. The van der Waals surface area contributed by atoms with E-state index < -0.39 is 17.6 Å². The Hall–Kier alpha value is -6.20. The van der Waals surface area contributed by atoms with Crippen molar-refractivity contribution in [3.63, 3.8) is 0 Å². The second-order valence-electron chi connectivity index (χ2n) is 11.3. The van der Waals surface area contributed by atoms with Crippen molar-refractivity contribution in [1.82, 2.24) is 5.32 Å². The third-order valence-corrected chi connectivity index (χ3v) is 8.14. The van der Waals surface area contributed by atoms with E-state index in [2.05, 4.69) is 25.4 Å². The van der Waals surface area contributed by atoms with Crippen molar-refractivity contribution >= 4 is 17.5 Å². The topological polar surface area (TPSA) is 196 Å². The van der Waals surface area contributed by atoms with Crippen LogP contribution in [0.2, 0.25) is 0 Å². The number of carbonyl (C=O) groups is 1. The number of hydrogen-bond acceptors (Lipinski definition) is 9. The van der Waals surface area contributed by atoms with Crippen LogP contribution in [-0.4, -0.2) is 49.9 Å². The number of nitrogens with one attached hydrogen (secondary N) is 1. The van der Waals surface area contributed by atoms with Crippen molar-refractivity contribution in [3.8, 4) is 17.2 Å². The molecule has 0 saturated heterocycles. The predicted molar refractivity (Wildman–Crippen MR) is 186 cm³/mol. The summed E-state index contributed by atoms with van der Waals surface area (Å²) < 4.78 is 23.2. The summed E-state index contributed by atoms with van der Waals surface area (Å²) in [6.45, 7) is 0.482. The van der Waals surface area contributed by atoms with Gasteiger partial charge in [0.15, 0.2) is 11.6 Å². The highest BCUT2D eigenvalue weighted by Crippen LogP contribution is 2.45. The number of hydrogen-bond donors (Lipinski definition) is 2. The molecule has 0 unspecified atom stereocenters. The van der Waals surface area contributed by atoms with Crippen molar-refractivity contribution in [1.29, 1.82) is 0 Å². The van der Waals surface area contributed by atoms with Crippen LogP contribution in [0.25, 0.3) is 20.9 Å². The Bertz CT molecular complexity index is 1920. The molecule has 4 aromatic rings. The molecule has 14 nitrogen and oxygen atoms in total. The minimum Gasteiger partial charge on any atom is -0.497 e. The van der Waals surface area contributed by atoms with Gasteiger partial charge in [-0.25, -0.2) is 4.99 Å². The zero-order valence-electron chi connectivity index (χ0n) is 27.6. The van der Waals surface area contributed by atoms with Gasteiger partial charge in [0.05, 0.1) is 27.4 Å². The molecule has 0 radical (unpaired) electrons. The fourth-order valence-corrected chi connectivity index (χ4v) is 5.70. The Morgan fingerprint density at radius 1 is 0.940 bits per heavy atom. The van der Waals surface area contributed by atoms with Gasteiger partial charge in [0.1, 0.15) is 17.2 Å². The Morgan fingerprint density at radius 3 is 2.32 bits per heavy atom. The number of aliphatic hydroxyl groups is 1. The molecule has 4 aromatic carbocycles. The van der Waals surface area contributed by atoms with Crippen LogP contribution in [0.4, 0.5) is 5.69 Å². The maximum Gasteiger partial charge on any atom is 0.252 e. The molecule has 0 aliphatic carbocycles. The Balaban J connectivity index is 1.65. The lowest BCUT2D eigenvalue weighted by Gasteiger charge is -2.32. The van der Waals surface area contributed by atoms with E-state index in [1.165, 1.54) is 0 Å². The Morgan fingerprint density at radius 2 is 1.64 bits per heavy atom. The first kappa shape index (κ1) is 35.1. The van der Waals surface area contributed by atoms with Crippen LogP contribution in [0, 0.1) is 0 Å². The van der Waals surface area contributed by atoms with Crippen LogP contribution in [0.1, 0.15) is 40.3 Å². The van der Waals surface area contributed by atoms with Crippen molar-refractivity contribution in [2.75, 3.05) is 27.4 Å². The summed E-state index contributed by atoms with van der Waals surface area (Å²) in [7, 11) is 3.09. The van der Waals surface area contributed by atoms with E-state index in [9.17, 15) is 10.3 Å². The molecule has 256 valence electrons. The maximum atomic E-state index is 14.8. The van der Waals surface area contributed by atoms with Crippen molar-refractivity contribution in [2.24, 2.45) is 15.2 Å². The molecule has 0 fully saturated rings. The molecule has 14 heteroatoms. The highest BCUT2D eigenvalue weighted by molar-refractivity contribution is 6.01. The van der Waals surface area contributed by atoms with Crippen LogP contribution < -0.4 is 19.5 Å². The molecule has 5 rings (SSSR count). The van der Waals surface area contributed by atoms with Crippen LogP contribution in [-0.2, 0) is 29.0 Å². The van der Waals surface area contributed by atoms with Gasteiger partial charge >= 0.3 is 0 Å². The zero-order chi connectivity index (χ0) is 35.3. The molecule has 50 heavy (non-hydrogen) atoms. The van der Waals surface area contributed by atoms with E-state index in [-0.39, 0.29) is 32.0 Å². The first-order chi connectivity index (χ1) is 24.4. The van der Waals surface area contributed by atoms with Crippen molar-refractivity contribution in [3.05, 3.63) is 140 Å². The fourth-order valence-electron chi connectivity index (χ4n) is 5.70. The van der Waals surface area contributed by atoms with Gasteiger partial charge < -0.3 is 29.4 Å². The SMILES string of the molecule is COc1cc(CNC(=O)[C@]2(Cc3ccccc3N=[N+]=[N-])N=C(c3ccc(OCCCO)cc3)O[C@@H]2c2ccccc2CN=[N+]=[N-])cc(OC)c1. The number of azide groups is 2. The average Bonchev–Trinajstić information content (AvgIpc) is 3.54. The number of nitrogens with zero attached hydrogens (tertiary/aromatic N) is 7. The van der Waals surface area contributed by atoms with Crippen LogP contribution in [0.15, 0.2) is 106 Å². The highest BCUT2D eigenvalue weighted by Gasteiger charge is 2.54. The van der Waals surface area contributed by atoms with Gasteiger partial charge in [0.25, 0.3) is 5.91 Å². The molecular formula is C36H36N8O6. The van der Waals surface area contributed by atoms with Crippen LogP contribution in [0.3, 0.4) is 0 Å². The zero-order valence-corrected chi connectivity index (χ0v) is 27.6. The molecule has 2 N–H and O–H groups in total. The first-order valence-electron chi connectivity index (χ1n) is 15.8. The molecular weight excluding hydrogens is 640 g/mol. The van der Waals surface area contributed by atoms with E-state index in [1.54, 1.807) is 80.9 Å². The summed E-state index contributed by atoms with van der Waals surface area (Å²) >= 11 is 0. The minimum absolute atomic E-state index is 0.0121. The Labute approximate surface area is 288 Å². The number of benzene rings is 4. The molecule has 2 atom stereocenters. The van der Waals surface area contributed by atoms with E-state index in [0.717, 1.165) is 5.56 Å². The fraction of sp³-hybridized carbons (Fsp3) is 0.278. The van der Waals surface area contributed by atoms with E-state index in [4.69, 9.17) is 34.6 Å². The summed E-state index contributed by atoms with van der Waals surface area (Å²) in [6, 6.07) is 26.6. The number of ether oxygens (including phenoxy) is 4. The molecule has 1 amide bonds. The molecule has 0 aromatic heterocycles. The molecule has 0 saturated carbocycles. The second kappa shape index (κ2) is 16.8. The van der Waals surface area contributed by atoms with Gasteiger partial charge in [0.2, 0.25) is 5.90 Å². The number of rotatable bonds is 16. The number of methoxy groups -OCH3 is 2. The normalized spacial score (nSPS) is 16.2. The van der Waals surface area contributed by atoms with E-state index in [1.807, 2.05) is 24.3 Å². The lowest BCUT2D eigenvalue weighted by molar-refractivity contribution is -0.129. The molecule has 1 aliphatic rings. The lowest BCUT2D eigenvalue weighted by Crippen LogP contribution is -2.50. The highest BCUT2D eigenvalue weighted by atomic mass is 16.5. The Kier molecular flexibility index (Phi) is 11.8. The predicted octanol–water partition coefficient (Wildman–Crippen LogP) is 7.03.